The largest absolute Gasteiger partial charge is 0.476 e. The van der Waals surface area contributed by atoms with Gasteiger partial charge in [-0.1, -0.05) is 12.2 Å². The number of aromatic nitrogens is 1. The summed E-state index contributed by atoms with van der Waals surface area (Å²) >= 11 is 4.79. The lowest BCUT2D eigenvalue weighted by Crippen LogP contribution is -2.03. The lowest BCUT2D eigenvalue weighted by atomic mass is 10.4. The molecule has 14 heavy (non-hydrogen) atoms. The van der Waals surface area contributed by atoms with Crippen molar-refractivity contribution in [3.05, 3.63) is 16.8 Å². The molecule has 1 rings (SSSR count). The fourth-order valence-corrected chi connectivity index (χ4v) is 1.06. The van der Waals surface area contributed by atoms with E-state index in [-0.39, 0.29) is 16.2 Å². The van der Waals surface area contributed by atoms with E-state index in [2.05, 4.69) is 4.99 Å². The summed E-state index contributed by atoms with van der Waals surface area (Å²) in [5, 5.41) is 9.43. The number of hydrogen-bond acceptors (Lipinski definition) is 5. The highest BCUT2D eigenvalue weighted by Crippen LogP contribution is 2.26. The Bertz CT molecular complexity index is 435. The van der Waals surface area contributed by atoms with E-state index in [1.54, 1.807) is 6.92 Å². The zero-order valence-corrected chi connectivity index (χ0v) is 8.24. The molecule has 0 aliphatic rings. The summed E-state index contributed by atoms with van der Waals surface area (Å²) in [6, 6.07) is 2.92. The minimum atomic E-state index is 0.0448. The van der Waals surface area contributed by atoms with Crippen molar-refractivity contribution in [3.8, 4) is 5.88 Å². The lowest BCUT2D eigenvalue weighted by molar-refractivity contribution is 0.138. The summed E-state index contributed by atoms with van der Waals surface area (Å²) in [6.45, 7) is 2.07. The average Bonchev–Trinajstić information content (AvgIpc) is 2.18. The molecule has 0 unspecified atom stereocenters. The van der Waals surface area contributed by atoms with Crippen LogP contribution < -0.4 is 4.74 Å². The van der Waals surface area contributed by atoms with Gasteiger partial charge in [0.25, 0.3) is 5.88 Å². The van der Waals surface area contributed by atoms with Gasteiger partial charge in [0.05, 0.1) is 6.61 Å². The maximum atomic E-state index is 10.1. The lowest BCUT2D eigenvalue weighted by Gasteiger charge is -2.08. The Morgan fingerprint density at radius 3 is 3.00 bits per heavy atom. The van der Waals surface area contributed by atoms with Crippen LogP contribution >= 0.6 is 12.2 Å². The molecule has 0 aliphatic heterocycles. The molecule has 0 saturated carbocycles. The van der Waals surface area contributed by atoms with E-state index < -0.39 is 0 Å². The number of hydrogen-bond donors (Lipinski definition) is 1. The number of pyridine rings is 1. The third kappa shape index (κ3) is 1.99. The normalized spacial score (nSPS) is 9.21. The Balaban J connectivity index is 3.36. The van der Waals surface area contributed by atoms with Crippen LogP contribution in [0.4, 0.5) is 5.69 Å². The van der Waals surface area contributed by atoms with E-state index in [0.29, 0.717) is 11.3 Å². The monoisotopic (exact) mass is 212 g/mol. The van der Waals surface area contributed by atoms with Crippen LogP contribution in [0.1, 0.15) is 6.92 Å². The first-order valence-electron chi connectivity index (χ1n) is 3.86. The molecule has 1 heterocycles. The topological polar surface area (TPSA) is 63.8 Å². The molecule has 0 saturated heterocycles. The zero-order valence-electron chi connectivity index (χ0n) is 7.43. The maximum Gasteiger partial charge on any atom is 0.255 e. The molecule has 1 aromatic heterocycles. The first-order valence-corrected chi connectivity index (χ1v) is 4.27. The van der Waals surface area contributed by atoms with Crippen molar-refractivity contribution < 1.29 is 14.7 Å². The van der Waals surface area contributed by atoms with Gasteiger partial charge in [0.1, 0.15) is 10.3 Å². The van der Waals surface area contributed by atoms with Crippen molar-refractivity contribution in [1.29, 1.82) is 0 Å². The molecule has 5 nitrogen and oxygen atoms in total. The van der Waals surface area contributed by atoms with Crippen LogP contribution in [0.2, 0.25) is 0 Å². The molecule has 74 valence electrons. The van der Waals surface area contributed by atoms with Gasteiger partial charge in [-0.3, -0.25) is 0 Å². The number of ether oxygens (including phenoxy) is 1. The molecule has 0 aliphatic carbocycles. The molecule has 6 heteroatoms. The molecule has 0 amide bonds. The molecular formula is C8H8N2O3S. The van der Waals surface area contributed by atoms with Crippen LogP contribution in [0.5, 0.6) is 5.88 Å². The summed E-state index contributed by atoms with van der Waals surface area (Å²) in [7, 11) is 0. The van der Waals surface area contributed by atoms with E-state index in [1.165, 1.54) is 18.2 Å². The van der Waals surface area contributed by atoms with Crippen molar-refractivity contribution in [3.63, 3.8) is 0 Å². The fraction of sp³-hybridized carbons (Fsp3) is 0.250. The Labute approximate surface area is 85.2 Å². The highest BCUT2D eigenvalue weighted by molar-refractivity contribution is 7.71. The average molecular weight is 212 g/mol. The number of nitrogens with zero attached hydrogens (tertiary/aromatic N) is 2. The summed E-state index contributed by atoms with van der Waals surface area (Å²) in [5.41, 5.74) is 0.193. The standard InChI is InChI=1S/C8H8N2O3S/c1-2-13-8-6(9-5-11)3-4-7(14)10(8)12/h3-4,12H,2H2,1H3. The summed E-state index contributed by atoms with van der Waals surface area (Å²) in [4.78, 5) is 13.4. The van der Waals surface area contributed by atoms with Gasteiger partial charge in [-0.15, -0.1) is 4.73 Å². The van der Waals surface area contributed by atoms with Crippen LogP contribution in [-0.2, 0) is 4.79 Å². The smallest absolute Gasteiger partial charge is 0.255 e. The highest BCUT2D eigenvalue weighted by Gasteiger charge is 2.07. The Morgan fingerprint density at radius 1 is 1.71 bits per heavy atom. The Hall–Kier alpha value is -1.65. The molecule has 0 spiro atoms. The van der Waals surface area contributed by atoms with Gasteiger partial charge >= 0.3 is 0 Å². The zero-order chi connectivity index (χ0) is 10.6. The van der Waals surface area contributed by atoms with Crippen LogP contribution in [0.25, 0.3) is 0 Å². The van der Waals surface area contributed by atoms with Gasteiger partial charge in [-0.2, -0.15) is 4.99 Å². The summed E-state index contributed by atoms with van der Waals surface area (Å²) in [6.07, 6.45) is 1.37. The number of rotatable bonds is 3. The molecule has 0 atom stereocenters. The number of carbonyl (C=O) groups excluding carboxylic acids is 1. The van der Waals surface area contributed by atoms with Crippen LogP contribution in [0.15, 0.2) is 17.1 Å². The molecule has 0 radical (unpaired) electrons. The van der Waals surface area contributed by atoms with Crippen LogP contribution in [0, 0.1) is 4.64 Å². The van der Waals surface area contributed by atoms with Gasteiger partial charge in [0.2, 0.25) is 6.08 Å². The van der Waals surface area contributed by atoms with Crippen molar-refractivity contribution in [1.82, 2.24) is 4.73 Å². The van der Waals surface area contributed by atoms with Gasteiger partial charge in [0, 0.05) is 0 Å². The van der Waals surface area contributed by atoms with Crippen molar-refractivity contribution in [2.24, 2.45) is 4.99 Å². The van der Waals surface area contributed by atoms with E-state index in [9.17, 15) is 10.0 Å². The molecular weight excluding hydrogens is 204 g/mol. The number of aliphatic imine (C=N–C) groups is 1. The van der Waals surface area contributed by atoms with E-state index >= 15 is 0 Å². The van der Waals surface area contributed by atoms with E-state index in [4.69, 9.17) is 17.0 Å². The number of isocyanates is 1. The van der Waals surface area contributed by atoms with Crippen LogP contribution in [0.3, 0.4) is 0 Å². The second-order valence-corrected chi connectivity index (χ2v) is 2.73. The van der Waals surface area contributed by atoms with Crippen LogP contribution in [-0.4, -0.2) is 22.6 Å². The predicted octanol–water partition coefficient (Wildman–Crippen LogP) is 1.82. The quantitative estimate of drug-likeness (QED) is 0.359. The minimum Gasteiger partial charge on any atom is -0.476 e. The van der Waals surface area contributed by atoms with Crippen molar-refractivity contribution >= 4 is 24.0 Å². The van der Waals surface area contributed by atoms with E-state index in [0.717, 1.165) is 0 Å². The maximum absolute atomic E-state index is 10.1. The third-order valence-electron chi connectivity index (χ3n) is 1.45. The van der Waals surface area contributed by atoms with Gasteiger partial charge in [-0.05, 0) is 19.1 Å². The molecule has 0 aromatic carbocycles. The van der Waals surface area contributed by atoms with E-state index in [1.807, 2.05) is 0 Å². The molecule has 1 aromatic rings. The molecule has 0 bridgehead atoms. The van der Waals surface area contributed by atoms with Gasteiger partial charge in [-0.25, -0.2) is 4.79 Å². The molecule has 0 fully saturated rings. The second-order valence-electron chi connectivity index (χ2n) is 2.31. The Kier molecular flexibility index (Phi) is 3.39. The SMILES string of the molecule is CCOc1c(N=C=O)ccc(=S)n1O. The molecule has 1 N–H and O–H groups in total. The van der Waals surface area contributed by atoms with Gasteiger partial charge in [0.15, 0.2) is 0 Å². The highest BCUT2D eigenvalue weighted by atomic mass is 32.1. The summed E-state index contributed by atoms with van der Waals surface area (Å²) in [5.74, 6) is 0.0448. The third-order valence-corrected chi connectivity index (χ3v) is 1.76. The first-order chi connectivity index (χ1) is 6.70. The van der Waals surface area contributed by atoms with Crippen molar-refractivity contribution in [2.45, 2.75) is 6.92 Å². The predicted molar refractivity (Wildman–Crippen MR) is 51.4 cm³/mol. The first kappa shape index (κ1) is 10.4. The fourth-order valence-electron chi connectivity index (χ4n) is 0.907. The van der Waals surface area contributed by atoms with Crippen molar-refractivity contribution in [2.75, 3.05) is 6.61 Å². The summed E-state index contributed by atoms with van der Waals surface area (Å²) < 4.78 is 5.92. The van der Waals surface area contributed by atoms with Gasteiger partial charge < -0.3 is 9.94 Å². The second kappa shape index (κ2) is 4.55. The minimum absolute atomic E-state index is 0.0448. The Morgan fingerprint density at radius 2 is 2.43 bits per heavy atom.